The third kappa shape index (κ3) is 3.89. The number of rotatable bonds is 5. The Morgan fingerprint density at radius 3 is 2.77 bits per heavy atom. The Hall–Kier alpha value is -1.97. The first-order valence-electron chi connectivity index (χ1n) is 9.73. The van der Waals surface area contributed by atoms with Gasteiger partial charge in [0.1, 0.15) is 11.9 Å². The molecule has 1 aliphatic rings. The molecular weight excluding hydrogens is 326 g/mol. The second-order valence-corrected chi connectivity index (χ2v) is 8.17. The van der Waals surface area contributed by atoms with Crippen LogP contribution in [-0.4, -0.2) is 24.2 Å². The van der Waals surface area contributed by atoms with Gasteiger partial charge in [0.2, 0.25) is 0 Å². The van der Waals surface area contributed by atoms with Crippen LogP contribution in [0, 0.1) is 24.7 Å². The van der Waals surface area contributed by atoms with Crippen LogP contribution < -0.4 is 4.74 Å². The van der Waals surface area contributed by atoms with E-state index >= 15 is 0 Å². The summed E-state index contributed by atoms with van der Waals surface area (Å²) in [6.07, 6.45) is 3.72. The summed E-state index contributed by atoms with van der Waals surface area (Å²) in [7, 11) is 1.66. The summed E-state index contributed by atoms with van der Waals surface area (Å²) in [4.78, 5) is 16.1. The second kappa shape index (κ2) is 7.73. The molecule has 3 unspecified atom stereocenters. The molecule has 0 bridgehead atoms. The highest BCUT2D eigenvalue weighted by Crippen LogP contribution is 2.36. The molecule has 1 aliphatic carbocycles. The first-order chi connectivity index (χ1) is 12.4. The minimum Gasteiger partial charge on any atom is -0.497 e. The van der Waals surface area contributed by atoms with Crippen molar-refractivity contribution in [1.82, 2.24) is 4.98 Å². The summed E-state index contributed by atoms with van der Waals surface area (Å²) in [5.41, 5.74) is 3.05. The number of aromatic amines is 1. The lowest BCUT2D eigenvalue weighted by molar-refractivity contribution is -0.155. The number of aromatic nitrogens is 1. The predicted octanol–water partition coefficient (Wildman–Crippen LogP) is 5.03. The highest BCUT2D eigenvalue weighted by molar-refractivity contribution is 5.89. The van der Waals surface area contributed by atoms with Crippen LogP contribution in [0.2, 0.25) is 0 Å². The average molecular weight is 357 g/mol. The van der Waals surface area contributed by atoms with Gasteiger partial charge < -0.3 is 14.5 Å². The van der Waals surface area contributed by atoms with Crippen molar-refractivity contribution >= 4 is 16.9 Å². The van der Waals surface area contributed by atoms with Gasteiger partial charge in [-0.2, -0.15) is 0 Å². The van der Waals surface area contributed by atoms with E-state index in [-0.39, 0.29) is 12.1 Å². The highest BCUT2D eigenvalue weighted by atomic mass is 16.5. The van der Waals surface area contributed by atoms with E-state index in [0.29, 0.717) is 24.2 Å². The molecule has 3 atom stereocenters. The van der Waals surface area contributed by atoms with E-state index in [1.807, 2.05) is 25.1 Å². The van der Waals surface area contributed by atoms with E-state index in [1.54, 1.807) is 7.11 Å². The molecule has 0 saturated heterocycles. The topological polar surface area (TPSA) is 51.3 Å². The van der Waals surface area contributed by atoms with Crippen molar-refractivity contribution in [2.24, 2.45) is 17.8 Å². The zero-order valence-corrected chi connectivity index (χ0v) is 16.6. The van der Waals surface area contributed by atoms with Crippen molar-refractivity contribution < 1.29 is 14.3 Å². The third-order valence-electron chi connectivity index (χ3n) is 5.89. The first kappa shape index (κ1) is 18.8. The third-order valence-corrected chi connectivity index (χ3v) is 5.89. The number of hydrogen-bond acceptors (Lipinski definition) is 3. The smallest absolute Gasteiger partial charge is 0.310 e. The van der Waals surface area contributed by atoms with Crippen molar-refractivity contribution in [2.45, 2.75) is 59.5 Å². The molecule has 3 rings (SSSR count). The highest BCUT2D eigenvalue weighted by Gasteiger charge is 2.33. The van der Waals surface area contributed by atoms with E-state index in [0.717, 1.165) is 40.8 Å². The summed E-state index contributed by atoms with van der Waals surface area (Å²) in [5, 5.41) is 1.04. The molecule has 0 spiro atoms. The molecule has 0 aliphatic heterocycles. The van der Waals surface area contributed by atoms with Gasteiger partial charge >= 0.3 is 5.97 Å². The normalized spacial score (nSPS) is 23.4. The molecule has 1 heterocycles. The number of esters is 1. The summed E-state index contributed by atoms with van der Waals surface area (Å²) in [6.45, 7) is 8.73. The minimum atomic E-state index is -0.124. The number of H-pyrrole nitrogens is 1. The minimum absolute atomic E-state index is 0.0475. The Balaban J connectivity index is 1.77. The zero-order valence-electron chi connectivity index (χ0n) is 16.6. The molecule has 26 heavy (non-hydrogen) atoms. The van der Waals surface area contributed by atoms with E-state index < -0.39 is 0 Å². The summed E-state index contributed by atoms with van der Waals surface area (Å²) in [6, 6.07) is 5.91. The van der Waals surface area contributed by atoms with Crippen LogP contribution in [0.3, 0.4) is 0 Å². The average Bonchev–Trinajstić information content (AvgIpc) is 2.89. The van der Waals surface area contributed by atoms with Gasteiger partial charge in [0, 0.05) is 16.6 Å². The number of fused-ring (bicyclic) bond motifs is 1. The summed E-state index contributed by atoms with van der Waals surface area (Å²) < 4.78 is 11.3. The largest absolute Gasteiger partial charge is 0.497 e. The number of carbonyl (C=O) groups excluding carboxylic acids is 1. The fourth-order valence-corrected chi connectivity index (χ4v) is 4.32. The predicted molar refractivity (Wildman–Crippen MR) is 105 cm³/mol. The number of ether oxygens (including phenoxy) is 2. The SMILES string of the molecule is COc1ccc2[nH]c(C)c(CC(=O)OC3CC(C)CCC3C(C)C)c2c1. The lowest BCUT2D eigenvalue weighted by Gasteiger charge is -2.36. The van der Waals surface area contributed by atoms with Crippen LogP contribution in [0.1, 0.15) is 51.3 Å². The molecule has 1 saturated carbocycles. The number of nitrogens with one attached hydrogen (secondary N) is 1. The summed E-state index contributed by atoms with van der Waals surface area (Å²) >= 11 is 0. The molecule has 0 amide bonds. The summed E-state index contributed by atoms with van der Waals surface area (Å²) in [5.74, 6) is 2.31. The van der Waals surface area contributed by atoms with Gasteiger partial charge in [0.25, 0.3) is 0 Å². The van der Waals surface area contributed by atoms with Crippen molar-refractivity contribution in [3.05, 3.63) is 29.5 Å². The van der Waals surface area contributed by atoms with Gasteiger partial charge in [0.05, 0.1) is 13.5 Å². The number of benzene rings is 1. The lowest BCUT2D eigenvalue weighted by Crippen LogP contribution is -2.36. The Kier molecular flexibility index (Phi) is 5.59. The Morgan fingerprint density at radius 2 is 2.08 bits per heavy atom. The molecule has 4 nitrogen and oxygen atoms in total. The fraction of sp³-hybridized carbons (Fsp3) is 0.591. The fourth-order valence-electron chi connectivity index (χ4n) is 4.32. The molecule has 4 heteroatoms. The van der Waals surface area contributed by atoms with Gasteiger partial charge in [-0.05, 0) is 61.3 Å². The Morgan fingerprint density at radius 1 is 1.31 bits per heavy atom. The number of aryl methyl sites for hydroxylation is 1. The van der Waals surface area contributed by atoms with Gasteiger partial charge in [-0.3, -0.25) is 4.79 Å². The lowest BCUT2D eigenvalue weighted by atomic mass is 9.75. The van der Waals surface area contributed by atoms with Gasteiger partial charge in [-0.15, -0.1) is 0 Å². The van der Waals surface area contributed by atoms with Crippen LogP contribution in [0.5, 0.6) is 5.75 Å². The monoisotopic (exact) mass is 357 g/mol. The van der Waals surface area contributed by atoms with Crippen molar-refractivity contribution in [2.75, 3.05) is 7.11 Å². The molecule has 142 valence electrons. The van der Waals surface area contributed by atoms with Crippen LogP contribution in [0.4, 0.5) is 0 Å². The van der Waals surface area contributed by atoms with E-state index in [4.69, 9.17) is 9.47 Å². The van der Waals surface area contributed by atoms with E-state index in [2.05, 4.69) is 25.8 Å². The van der Waals surface area contributed by atoms with Crippen molar-refractivity contribution in [3.8, 4) is 5.75 Å². The molecule has 2 aromatic rings. The molecular formula is C22H31NO3. The van der Waals surface area contributed by atoms with Gasteiger partial charge in [-0.1, -0.05) is 27.2 Å². The molecule has 1 aromatic carbocycles. The van der Waals surface area contributed by atoms with Crippen LogP contribution >= 0.6 is 0 Å². The number of carbonyl (C=O) groups is 1. The molecule has 1 N–H and O–H groups in total. The first-order valence-corrected chi connectivity index (χ1v) is 9.73. The van der Waals surface area contributed by atoms with Gasteiger partial charge in [-0.25, -0.2) is 0 Å². The van der Waals surface area contributed by atoms with Crippen LogP contribution in [0.25, 0.3) is 10.9 Å². The molecule has 0 radical (unpaired) electrons. The van der Waals surface area contributed by atoms with Crippen molar-refractivity contribution in [1.29, 1.82) is 0 Å². The molecule has 1 fully saturated rings. The van der Waals surface area contributed by atoms with Crippen LogP contribution in [-0.2, 0) is 16.0 Å². The quantitative estimate of drug-likeness (QED) is 0.764. The Labute approximate surface area is 156 Å². The standard InChI is InChI=1S/C22H31NO3/c1-13(2)17-8-6-14(3)10-21(17)26-22(24)12-18-15(4)23-20-9-7-16(25-5)11-19(18)20/h7,9,11,13-14,17,21,23H,6,8,10,12H2,1-5H3. The number of methoxy groups -OCH3 is 1. The zero-order chi connectivity index (χ0) is 18.8. The maximum Gasteiger partial charge on any atom is 0.310 e. The van der Waals surface area contributed by atoms with Crippen LogP contribution in [0.15, 0.2) is 18.2 Å². The van der Waals surface area contributed by atoms with E-state index in [9.17, 15) is 4.79 Å². The van der Waals surface area contributed by atoms with Gasteiger partial charge in [0.15, 0.2) is 0 Å². The second-order valence-electron chi connectivity index (χ2n) is 8.17. The maximum atomic E-state index is 12.7. The van der Waals surface area contributed by atoms with E-state index in [1.165, 1.54) is 6.42 Å². The maximum absolute atomic E-state index is 12.7. The molecule has 1 aromatic heterocycles. The Bertz CT molecular complexity index is 777. The number of hydrogen-bond donors (Lipinski definition) is 1. The van der Waals surface area contributed by atoms with Crippen molar-refractivity contribution in [3.63, 3.8) is 0 Å².